The van der Waals surface area contributed by atoms with E-state index in [1.165, 1.54) is 118 Å². The first-order valence-electron chi connectivity index (χ1n) is 41.7. The number of benzene rings is 16. The van der Waals surface area contributed by atoms with Gasteiger partial charge in [-0.1, -0.05) is 344 Å². The molecule has 3 aromatic heterocycles. The molecule has 0 spiro atoms. The van der Waals surface area contributed by atoms with Crippen molar-refractivity contribution in [2.45, 2.75) is 105 Å². The number of rotatable bonds is 10. The molecule has 570 valence electrons. The predicted octanol–water partition coefficient (Wildman–Crippen LogP) is 30.5. The summed E-state index contributed by atoms with van der Waals surface area (Å²) in [6.45, 7) is 27.8. The van der Waals surface area contributed by atoms with Crippen LogP contribution in [-0.4, -0.2) is 11.3 Å². The van der Waals surface area contributed by atoms with E-state index < -0.39 is 0 Å². The normalized spacial score (nSPS) is 13.0. The van der Waals surface area contributed by atoms with E-state index in [1.54, 1.807) is 0 Å². The van der Waals surface area contributed by atoms with Gasteiger partial charge in [0.05, 0.1) is 22.4 Å². The summed E-state index contributed by atoms with van der Waals surface area (Å²) >= 11 is 3.77. The highest BCUT2D eigenvalue weighted by molar-refractivity contribution is 7.26. The lowest BCUT2D eigenvalue weighted by atomic mass is 9.33. The topological polar surface area (TPSA) is 11.4 Å². The molecular formula is C112H92BN3S2. The van der Waals surface area contributed by atoms with E-state index in [2.05, 4.69) is 437 Å². The van der Waals surface area contributed by atoms with Crippen LogP contribution in [-0.2, 0) is 21.7 Å². The summed E-state index contributed by atoms with van der Waals surface area (Å²) in [5.74, 6) is 0. The molecule has 0 saturated heterocycles. The second-order valence-electron chi connectivity index (χ2n) is 36.8. The fraction of sp³-hybridized carbons (Fsp3) is 0.143. The lowest BCUT2D eigenvalue weighted by molar-refractivity contribution is 0.590. The van der Waals surface area contributed by atoms with E-state index in [0.29, 0.717) is 0 Å². The van der Waals surface area contributed by atoms with Gasteiger partial charge < -0.3 is 14.4 Å². The summed E-state index contributed by atoms with van der Waals surface area (Å²) in [7, 11) is 0. The maximum atomic E-state index is 2.76. The molecule has 21 rings (SSSR count). The van der Waals surface area contributed by atoms with Gasteiger partial charge in [0.2, 0.25) is 0 Å². The molecule has 0 saturated carbocycles. The summed E-state index contributed by atoms with van der Waals surface area (Å²) in [5.41, 5.74) is 34.8. The number of thiophene rings is 2. The summed E-state index contributed by atoms with van der Waals surface area (Å²) in [5, 5.41) is 7.55. The molecule has 0 aliphatic carbocycles. The monoisotopic (exact) mass is 1550 g/mol. The van der Waals surface area contributed by atoms with Gasteiger partial charge in [0.15, 0.2) is 0 Å². The third-order valence-corrected chi connectivity index (χ3v) is 27.5. The minimum absolute atomic E-state index is 0.135. The molecule has 0 bridgehead atoms. The molecule has 6 heteroatoms. The summed E-state index contributed by atoms with van der Waals surface area (Å²) < 4.78 is 7.59. The van der Waals surface area contributed by atoms with E-state index in [0.717, 1.165) is 101 Å². The van der Waals surface area contributed by atoms with Gasteiger partial charge in [0.25, 0.3) is 6.71 Å². The van der Waals surface area contributed by atoms with Crippen LogP contribution in [0.1, 0.15) is 105 Å². The summed E-state index contributed by atoms with van der Waals surface area (Å²) in [6, 6.07) is 132. The number of anilines is 6. The first kappa shape index (κ1) is 73.1. The standard InChI is InChI=1S/C112H92BN3S2/c1-109(2,3)77-34-22-30-70(60-77)84-45-26-46-85(71-31-23-35-78(61-71)110(4,5)6)107(84)115-96-58-55-74(82-43-28-52-102-104(82)89-41-17-20-50-100(89)117-102)65-92(96)113-93-66-75(83-44-29-53-103-105(83)90-42-18-21-51-101(90)118-103)56-59-97(93)116(108-86(72-32-24-36-79(62-72)111(7,8)9)47-27-48-87(108)73-33-25-37-80(63-73)112(10,11)12)99-68-76(67-98(115)106(99)113)69-54-57-95-91(64-69)88-40-16-19-49-94(88)114(95)81-38-14-13-15-39-81/h13-68H,1-12H3. The van der Waals surface area contributed by atoms with Crippen molar-refractivity contribution < 1.29 is 0 Å². The molecule has 0 N–H and O–H groups in total. The zero-order valence-electron chi connectivity index (χ0n) is 69.1. The van der Waals surface area contributed by atoms with Crippen LogP contribution in [0.5, 0.6) is 0 Å². The molecule has 0 radical (unpaired) electrons. The first-order chi connectivity index (χ1) is 57.1. The lowest BCUT2D eigenvalue weighted by Crippen LogP contribution is -2.61. The Bertz CT molecular complexity index is 6820. The third-order valence-electron chi connectivity index (χ3n) is 25.2. The highest BCUT2D eigenvalue weighted by Gasteiger charge is 2.46. The van der Waals surface area contributed by atoms with Crippen molar-refractivity contribution in [3.63, 3.8) is 0 Å². The van der Waals surface area contributed by atoms with Gasteiger partial charge in [-0.3, -0.25) is 0 Å². The summed E-state index contributed by atoms with van der Waals surface area (Å²) in [4.78, 5) is 5.52. The Morgan fingerprint density at radius 2 is 0.585 bits per heavy atom. The Hall–Kier alpha value is -12.6. The van der Waals surface area contributed by atoms with Crippen molar-refractivity contribution in [2.24, 2.45) is 0 Å². The van der Waals surface area contributed by atoms with E-state index >= 15 is 0 Å². The Morgan fingerprint density at radius 3 is 1.02 bits per heavy atom. The highest BCUT2D eigenvalue weighted by atomic mass is 32.1. The molecule has 5 heterocycles. The Kier molecular flexibility index (Phi) is 17.1. The Morgan fingerprint density at radius 1 is 0.237 bits per heavy atom. The van der Waals surface area contributed by atoms with Crippen LogP contribution in [0.2, 0.25) is 0 Å². The van der Waals surface area contributed by atoms with Crippen LogP contribution in [0, 0.1) is 0 Å². The average Bonchev–Trinajstić information content (AvgIpc) is 0.885. The molecule has 0 amide bonds. The zero-order chi connectivity index (χ0) is 80.4. The molecule has 16 aromatic carbocycles. The van der Waals surface area contributed by atoms with Gasteiger partial charge in [-0.05, 0) is 195 Å². The quantitative estimate of drug-likeness (QED) is 0.126. The van der Waals surface area contributed by atoms with Crippen LogP contribution in [0.15, 0.2) is 340 Å². The maximum Gasteiger partial charge on any atom is 0.252 e. The van der Waals surface area contributed by atoms with Crippen LogP contribution in [0.25, 0.3) is 146 Å². The van der Waals surface area contributed by atoms with Crippen molar-refractivity contribution in [3.8, 4) is 83.6 Å². The molecule has 0 unspecified atom stereocenters. The number of nitrogens with zero attached hydrogens (tertiary/aromatic N) is 3. The van der Waals surface area contributed by atoms with Gasteiger partial charge in [0, 0.05) is 102 Å². The fourth-order valence-electron chi connectivity index (χ4n) is 19.1. The molecule has 0 atom stereocenters. The summed E-state index contributed by atoms with van der Waals surface area (Å²) in [6.07, 6.45) is 0. The maximum absolute atomic E-state index is 2.76. The largest absolute Gasteiger partial charge is 0.310 e. The van der Waals surface area contributed by atoms with Crippen LogP contribution >= 0.6 is 22.7 Å². The van der Waals surface area contributed by atoms with Gasteiger partial charge >= 0.3 is 0 Å². The zero-order valence-corrected chi connectivity index (χ0v) is 70.7. The molecule has 118 heavy (non-hydrogen) atoms. The van der Waals surface area contributed by atoms with Gasteiger partial charge in [0.1, 0.15) is 0 Å². The van der Waals surface area contributed by atoms with E-state index in [4.69, 9.17) is 0 Å². The van der Waals surface area contributed by atoms with Crippen molar-refractivity contribution in [2.75, 3.05) is 9.80 Å². The van der Waals surface area contributed by atoms with Crippen molar-refractivity contribution in [1.82, 2.24) is 4.57 Å². The number of hydrogen-bond acceptors (Lipinski definition) is 4. The van der Waals surface area contributed by atoms with Crippen LogP contribution < -0.4 is 26.2 Å². The van der Waals surface area contributed by atoms with E-state index in [-0.39, 0.29) is 28.4 Å². The van der Waals surface area contributed by atoms with Crippen molar-refractivity contribution in [3.05, 3.63) is 362 Å². The number of para-hydroxylation sites is 4. The van der Waals surface area contributed by atoms with Crippen LogP contribution in [0.4, 0.5) is 34.1 Å². The molecule has 19 aromatic rings. The van der Waals surface area contributed by atoms with Gasteiger partial charge in [-0.2, -0.15) is 0 Å². The van der Waals surface area contributed by atoms with Crippen molar-refractivity contribution >= 4 is 142 Å². The highest BCUT2D eigenvalue weighted by Crippen LogP contribution is 2.56. The lowest BCUT2D eigenvalue weighted by Gasteiger charge is -2.46. The number of hydrogen-bond donors (Lipinski definition) is 0. The minimum atomic E-state index is -0.326. The second-order valence-corrected chi connectivity index (χ2v) is 38.9. The first-order valence-corrected chi connectivity index (χ1v) is 43.4. The van der Waals surface area contributed by atoms with Gasteiger partial charge in [-0.25, -0.2) is 0 Å². The van der Waals surface area contributed by atoms with Crippen LogP contribution in [0.3, 0.4) is 0 Å². The third kappa shape index (κ3) is 12.1. The molecular weight excluding hydrogens is 1460 g/mol. The van der Waals surface area contributed by atoms with Crippen molar-refractivity contribution in [1.29, 1.82) is 0 Å². The van der Waals surface area contributed by atoms with E-state index in [9.17, 15) is 0 Å². The molecule has 2 aliphatic heterocycles. The SMILES string of the molecule is CC(C)(C)c1cccc(-c2cccc(-c3cccc(C(C)(C)C)c3)c2N2c3ccc(-c4cccc5sc6ccccc6c45)cc3B3c4cc(-c5cccc6sc7ccccc7c56)ccc4N(c4c(-c5cccc(C(C)(C)C)c5)cccc4-c4cccc(C(C)(C)C)c4)c4cc(-c5ccc6c(c5)c5ccccc5n6-c5ccccc5)cc2c43)c1. The molecule has 0 fully saturated rings. The molecule has 3 nitrogen and oxygen atoms in total. The Balaban J connectivity index is 0.959. The Labute approximate surface area is 701 Å². The smallest absolute Gasteiger partial charge is 0.252 e. The van der Waals surface area contributed by atoms with E-state index in [1.807, 2.05) is 22.7 Å². The fourth-order valence-corrected chi connectivity index (χ4v) is 21.4. The molecule has 2 aliphatic rings. The average molecular weight is 1550 g/mol. The second kappa shape index (κ2) is 27.5. The number of aromatic nitrogens is 1. The van der Waals surface area contributed by atoms with Gasteiger partial charge in [-0.15, -0.1) is 22.7 Å². The predicted molar refractivity (Wildman–Crippen MR) is 513 cm³/mol. The number of fused-ring (bicyclic) bond motifs is 13. The minimum Gasteiger partial charge on any atom is -0.310 e.